The second-order valence-corrected chi connectivity index (χ2v) is 5.48. The number of nitrogens with one attached hydrogen (secondary N) is 2. The maximum Gasteiger partial charge on any atom is 0.228 e. The van der Waals surface area contributed by atoms with Crippen LogP contribution in [0.2, 0.25) is 5.02 Å². The summed E-state index contributed by atoms with van der Waals surface area (Å²) < 4.78 is 10.3. The smallest absolute Gasteiger partial charge is 0.228 e. The summed E-state index contributed by atoms with van der Waals surface area (Å²) in [4.78, 5) is 8.53. The van der Waals surface area contributed by atoms with E-state index in [9.17, 15) is 0 Å². The first-order chi connectivity index (χ1) is 11.7. The zero-order valence-electron chi connectivity index (χ0n) is 13.9. The van der Waals surface area contributed by atoms with E-state index in [4.69, 9.17) is 20.9 Å². The number of halogens is 1. The van der Waals surface area contributed by atoms with E-state index in [1.54, 1.807) is 26.3 Å². The van der Waals surface area contributed by atoms with E-state index in [-0.39, 0.29) is 0 Å². The lowest BCUT2D eigenvalue weighted by Crippen LogP contribution is -2.39. The Kier molecular flexibility index (Phi) is 7.51. The molecule has 0 amide bonds. The largest absolute Gasteiger partial charge is 0.385 e. The van der Waals surface area contributed by atoms with Gasteiger partial charge in [0.2, 0.25) is 11.7 Å². The molecular weight excluding hydrogens is 330 g/mol. The summed E-state index contributed by atoms with van der Waals surface area (Å²) in [7, 11) is 3.42. The van der Waals surface area contributed by atoms with Crippen molar-refractivity contribution < 1.29 is 9.26 Å². The second-order valence-electron chi connectivity index (χ2n) is 5.04. The topological polar surface area (TPSA) is 84.6 Å². The highest BCUT2D eigenvalue weighted by atomic mass is 35.5. The van der Waals surface area contributed by atoms with E-state index in [0.29, 0.717) is 29.7 Å². The van der Waals surface area contributed by atoms with Crippen molar-refractivity contribution in [3.05, 3.63) is 35.2 Å². The molecule has 0 aliphatic rings. The van der Waals surface area contributed by atoms with Crippen LogP contribution in [0.3, 0.4) is 0 Å². The number of hydrogen-bond donors (Lipinski definition) is 2. The van der Waals surface area contributed by atoms with E-state index < -0.39 is 0 Å². The van der Waals surface area contributed by atoms with Gasteiger partial charge >= 0.3 is 0 Å². The number of hydrogen-bond acceptors (Lipinski definition) is 5. The average Bonchev–Trinajstić information content (AvgIpc) is 3.06. The van der Waals surface area contributed by atoms with Gasteiger partial charge in [-0.25, -0.2) is 0 Å². The maximum atomic E-state index is 5.87. The van der Waals surface area contributed by atoms with Gasteiger partial charge < -0.3 is 19.9 Å². The molecule has 2 aromatic rings. The number of ether oxygens (including phenoxy) is 1. The van der Waals surface area contributed by atoms with Crippen molar-refractivity contribution in [3.8, 4) is 11.4 Å². The van der Waals surface area contributed by atoms with E-state index in [1.165, 1.54) is 0 Å². The van der Waals surface area contributed by atoms with Crippen molar-refractivity contribution in [1.29, 1.82) is 0 Å². The first kappa shape index (κ1) is 18.2. The van der Waals surface area contributed by atoms with Gasteiger partial charge in [-0.1, -0.05) is 16.8 Å². The van der Waals surface area contributed by atoms with E-state index in [1.807, 2.05) is 12.1 Å². The van der Waals surface area contributed by atoms with Gasteiger partial charge in [-0.2, -0.15) is 4.98 Å². The molecule has 0 bridgehead atoms. The Morgan fingerprint density at radius 1 is 1.25 bits per heavy atom. The monoisotopic (exact) mass is 351 g/mol. The van der Waals surface area contributed by atoms with E-state index in [0.717, 1.165) is 31.1 Å². The molecule has 0 radical (unpaired) electrons. The fourth-order valence-electron chi connectivity index (χ4n) is 2.00. The molecule has 130 valence electrons. The zero-order valence-corrected chi connectivity index (χ0v) is 14.6. The minimum atomic E-state index is 0.559. The Labute approximate surface area is 146 Å². The molecule has 1 heterocycles. The molecule has 0 fully saturated rings. The molecule has 24 heavy (non-hydrogen) atoms. The van der Waals surface area contributed by atoms with Crippen molar-refractivity contribution >= 4 is 17.6 Å². The maximum absolute atomic E-state index is 5.87. The lowest BCUT2D eigenvalue weighted by Gasteiger charge is -2.10. The molecule has 0 spiro atoms. The molecule has 0 unspecified atom stereocenters. The normalized spacial score (nSPS) is 11.5. The van der Waals surface area contributed by atoms with Crippen LogP contribution in [-0.4, -0.2) is 50.0 Å². The number of benzene rings is 1. The Morgan fingerprint density at radius 3 is 2.71 bits per heavy atom. The quantitative estimate of drug-likeness (QED) is 0.430. The third-order valence-electron chi connectivity index (χ3n) is 3.24. The molecule has 2 rings (SSSR count). The van der Waals surface area contributed by atoms with Crippen LogP contribution in [0.5, 0.6) is 0 Å². The molecule has 0 aliphatic carbocycles. The van der Waals surface area contributed by atoms with Gasteiger partial charge in [0.25, 0.3) is 0 Å². The van der Waals surface area contributed by atoms with Crippen molar-refractivity contribution in [1.82, 2.24) is 20.8 Å². The molecule has 1 aromatic carbocycles. The predicted octanol–water partition coefficient (Wildman–Crippen LogP) is 2.13. The molecule has 8 heteroatoms. The lowest BCUT2D eigenvalue weighted by molar-refractivity contribution is 0.195. The minimum Gasteiger partial charge on any atom is -0.385 e. The Balaban J connectivity index is 1.77. The average molecular weight is 352 g/mol. The van der Waals surface area contributed by atoms with Crippen molar-refractivity contribution in [3.63, 3.8) is 0 Å². The zero-order chi connectivity index (χ0) is 17.2. The number of aliphatic imine (C=N–C) groups is 1. The molecule has 7 nitrogen and oxygen atoms in total. The number of nitrogens with zero attached hydrogens (tertiary/aromatic N) is 3. The Bertz CT molecular complexity index is 642. The fourth-order valence-corrected chi connectivity index (χ4v) is 2.13. The van der Waals surface area contributed by atoms with E-state index in [2.05, 4.69) is 25.8 Å². The Morgan fingerprint density at radius 2 is 2.00 bits per heavy atom. The van der Waals surface area contributed by atoms with Crippen LogP contribution in [0.25, 0.3) is 11.4 Å². The summed E-state index contributed by atoms with van der Waals surface area (Å²) in [6.45, 7) is 2.17. The highest BCUT2D eigenvalue weighted by molar-refractivity contribution is 6.30. The summed E-state index contributed by atoms with van der Waals surface area (Å²) >= 11 is 5.87. The van der Waals surface area contributed by atoms with Crippen LogP contribution in [0.4, 0.5) is 0 Å². The molecule has 0 saturated carbocycles. The summed E-state index contributed by atoms with van der Waals surface area (Å²) in [5.74, 6) is 1.87. The van der Waals surface area contributed by atoms with Crippen molar-refractivity contribution in [2.75, 3.05) is 33.9 Å². The van der Waals surface area contributed by atoms with Crippen LogP contribution in [0.1, 0.15) is 12.3 Å². The van der Waals surface area contributed by atoms with Gasteiger partial charge in [0.1, 0.15) is 0 Å². The predicted molar refractivity (Wildman–Crippen MR) is 94.3 cm³/mol. The SMILES string of the molecule is CN=C(NCCCOC)NCCc1nc(-c2ccc(Cl)cc2)no1. The molecule has 1 aromatic heterocycles. The van der Waals surface area contributed by atoms with Crippen LogP contribution < -0.4 is 10.6 Å². The number of methoxy groups -OCH3 is 1. The van der Waals surface area contributed by atoms with Crippen LogP contribution in [0, 0.1) is 0 Å². The molecule has 0 saturated heterocycles. The summed E-state index contributed by atoms with van der Waals surface area (Å²) in [6.07, 6.45) is 1.53. The van der Waals surface area contributed by atoms with Gasteiger partial charge in [0.05, 0.1) is 0 Å². The second kappa shape index (κ2) is 9.89. The first-order valence-corrected chi connectivity index (χ1v) is 8.12. The van der Waals surface area contributed by atoms with Gasteiger partial charge in [-0.3, -0.25) is 4.99 Å². The van der Waals surface area contributed by atoms with Crippen LogP contribution >= 0.6 is 11.6 Å². The van der Waals surface area contributed by atoms with Gasteiger partial charge in [-0.05, 0) is 30.7 Å². The lowest BCUT2D eigenvalue weighted by atomic mass is 10.2. The summed E-state index contributed by atoms with van der Waals surface area (Å²) in [5, 5.41) is 11.1. The Hall–Kier alpha value is -2.12. The van der Waals surface area contributed by atoms with Gasteiger partial charge in [-0.15, -0.1) is 0 Å². The number of rotatable bonds is 8. The number of aromatic nitrogens is 2. The summed E-state index contributed by atoms with van der Waals surface area (Å²) in [5.41, 5.74) is 0.873. The highest BCUT2D eigenvalue weighted by Gasteiger charge is 2.08. The summed E-state index contributed by atoms with van der Waals surface area (Å²) in [6, 6.07) is 7.32. The first-order valence-electron chi connectivity index (χ1n) is 7.75. The van der Waals surface area contributed by atoms with Crippen LogP contribution in [0.15, 0.2) is 33.8 Å². The van der Waals surface area contributed by atoms with Gasteiger partial charge in [0, 0.05) is 50.9 Å². The van der Waals surface area contributed by atoms with Crippen molar-refractivity contribution in [2.24, 2.45) is 4.99 Å². The van der Waals surface area contributed by atoms with Gasteiger partial charge in [0.15, 0.2) is 5.96 Å². The fraction of sp³-hybridized carbons (Fsp3) is 0.438. The highest BCUT2D eigenvalue weighted by Crippen LogP contribution is 2.18. The molecular formula is C16H22ClN5O2. The molecule has 2 N–H and O–H groups in total. The standard InChI is InChI=1S/C16H22ClN5O2/c1-18-16(19-9-3-11-23-2)20-10-8-14-21-15(22-24-14)12-4-6-13(17)7-5-12/h4-7H,3,8-11H2,1-2H3,(H2,18,19,20). The van der Waals surface area contributed by atoms with Crippen LogP contribution in [-0.2, 0) is 11.2 Å². The number of guanidine groups is 1. The third kappa shape index (κ3) is 5.82. The minimum absolute atomic E-state index is 0.559. The van der Waals surface area contributed by atoms with Crippen molar-refractivity contribution in [2.45, 2.75) is 12.8 Å². The molecule has 0 aliphatic heterocycles. The molecule has 0 atom stereocenters. The van der Waals surface area contributed by atoms with E-state index >= 15 is 0 Å². The third-order valence-corrected chi connectivity index (χ3v) is 3.50.